The van der Waals surface area contributed by atoms with Crippen LogP contribution < -0.4 is 10.4 Å². The molecule has 2 radical (unpaired) electrons. The summed E-state index contributed by atoms with van der Waals surface area (Å²) in [5.41, 5.74) is 0. The van der Waals surface area contributed by atoms with E-state index < -0.39 is 13.9 Å². The molecule has 1 atom stereocenters. The van der Waals surface area contributed by atoms with Crippen LogP contribution in [0.5, 0.6) is 0 Å². The van der Waals surface area contributed by atoms with E-state index in [0.29, 0.717) is 0 Å². The van der Waals surface area contributed by atoms with E-state index in [4.69, 9.17) is 12.6 Å². The fourth-order valence-electron chi connectivity index (χ4n) is 3.11. The average molecular weight is 278 g/mol. The van der Waals surface area contributed by atoms with Gasteiger partial charge in [0.25, 0.3) is 0 Å². The molecular weight excluding hydrogens is 259 g/mol. The third kappa shape index (κ3) is 2.74. The van der Waals surface area contributed by atoms with Crippen LogP contribution in [0.1, 0.15) is 19.3 Å². The van der Waals surface area contributed by atoms with Gasteiger partial charge >= 0.3 is 0 Å². The van der Waals surface area contributed by atoms with Gasteiger partial charge in [-0.3, -0.25) is 0 Å². The van der Waals surface area contributed by atoms with E-state index in [1.165, 1.54) is 16.8 Å². The zero-order chi connectivity index (χ0) is 13.8. The number of benzene rings is 2. The van der Waals surface area contributed by atoms with E-state index in [-0.39, 0.29) is 0 Å². The van der Waals surface area contributed by atoms with E-state index in [0.717, 1.165) is 19.4 Å². The minimum atomic E-state index is -1.59. The first-order valence-electron chi connectivity index (χ1n) is 7.32. The molecule has 0 bridgehead atoms. The minimum absolute atomic E-state index is 0.457. The summed E-state index contributed by atoms with van der Waals surface area (Å²) in [6, 6.07) is 21.3. The molecule has 3 heteroatoms. The topological polar surface area (TPSA) is 9.23 Å². The normalized spacial score (nSPS) is 22.9. The predicted molar refractivity (Wildman–Crippen MR) is 87.6 cm³/mol. The molecule has 0 aromatic heterocycles. The Morgan fingerprint density at radius 1 is 0.850 bits per heavy atom. The lowest BCUT2D eigenvalue weighted by molar-refractivity contribution is 0.0349. The van der Waals surface area contributed by atoms with Crippen LogP contribution in [0.15, 0.2) is 60.7 Å². The second kappa shape index (κ2) is 5.98. The van der Waals surface area contributed by atoms with Crippen LogP contribution in [0.25, 0.3) is 0 Å². The summed E-state index contributed by atoms with van der Waals surface area (Å²) in [6.07, 6.45) is 3.26. The molecule has 3 rings (SSSR count). The standard InChI is InChI=1S/C17H19BOSi/c18-17(13-7-8-14-19-17)20(15-9-3-1-4-10-15)16-11-5-2-6-12-16/h1-6,9-12,20H,7-8,13-14H2. The summed E-state index contributed by atoms with van der Waals surface area (Å²) in [5, 5.41) is 2.27. The zero-order valence-corrected chi connectivity index (χ0v) is 12.8. The van der Waals surface area contributed by atoms with Gasteiger partial charge in [-0.05, 0) is 19.3 Å². The van der Waals surface area contributed by atoms with Crippen LogP contribution >= 0.6 is 0 Å². The van der Waals surface area contributed by atoms with Gasteiger partial charge in [0.1, 0.15) is 16.6 Å². The monoisotopic (exact) mass is 278 g/mol. The molecule has 0 saturated carbocycles. The van der Waals surface area contributed by atoms with Gasteiger partial charge in [-0.25, -0.2) is 0 Å². The molecule has 1 heterocycles. The lowest BCUT2D eigenvalue weighted by Crippen LogP contribution is -2.63. The number of ether oxygens (including phenoxy) is 1. The number of rotatable bonds is 3. The van der Waals surface area contributed by atoms with Gasteiger partial charge in [0.05, 0.1) is 0 Å². The Bertz CT molecular complexity index is 498. The lowest BCUT2D eigenvalue weighted by Gasteiger charge is -2.41. The molecule has 0 N–H and O–H groups in total. The smallest absolute Gasteiger partial charge is 0.126 e. The van der Waals surface area contributed by atoms with Gasteiger partial charge in [-0.1, -0.05) is 71.0 Å². The quantitative estimate of drug-likeness (QED) is 0.775. The Kier molecular flexibility index (Phi) is 4.08. The fraction of sp³-hybridized carbons (Fsp3) is 0.294. The molecule has 20 heavy (non-hydrogen) atoms. The molecule has 1 unspecified atom stereocenters. The van der Waals surface area contributed by atoms with Crippen molar-refractivity contribution in [2.75, 3.05) is 6.61 Å². The highest BCUT2D eigenvalue weighted by Gasteiger charge is 2.39. The molecular formula is C17H19BOSi. The van der Waals surface area contributed by atoms with Crippen molar-refractivity contribution in [1.29, 1.82) is 0 Å². The molecule has 1 nitrogen and oxygen atoms in total. The van der Waals surface area contributed by atoms with E-state index in [2.05, 4.69) is 60.7 Å². The van der Waals surface area contributed by atoms with Crippen LogP contribution in [-0.2, 0) is 4.74 Å². The molecule has 2 aromatic carbocycles. The number of hydrogen-bond donors (Lipinski definition) is 0. The second-order valence-electron chi connectivity index (χ2n) is 5.51. The first kappa shape index (κ1) is 13.7. The molecule has 0 aliphatic carbocycles. The Morgan fingerprint density at radius 2 is 1.40 bits per heavy atom. The maximum atomic E-state index is 6.71. The summed E-state index contributed by atoms with van der Waals surface area (Å²) in [6.45, 7) is 0.791. The molecule has 1 saturated heterocycles. The Balaban J connectivity index is 2.04. The fourth-order valence-corrected chi connectivity index (χ4v) is 6.62. The van der Waals surface area contributed by atoms with Gasteiger partial charge in [0, 0.05) is 11.7 Å². The summed E-state index contributed by atoms with van der Waals surface area (Å²) in [7, 11) is 5.12. The van der Waals surface area contributed by atoms with Crippen molar-refractivity contribution in [1.82, 2.24) is 0 Å². The van der Waals surface area contributed by atoms with Crippen molar-refractivity contribution in [3.05, 3.63) is 60.7 Å². The largest absolute Gasteiger partial charge is 0.387 e. The van der Waals surface area contributed by atoms with E-state index >= 15 is 0 Å². The first-order valence-corrected chi connectivity index (χ1v) is 9.05. The van der Waals surface area contributed by atoms with Crippen LogP contribution in [-0.4, -0.2) is 28.4 Å². The van der Waals surface area contributed by atoms with E-state index in [1.807, 2.05) is 0 Å². The van der Waals surface area contributed by atoms with Crippen molar-refractivity contribution in [3.8, 4) is 0 Å². The summed E-state index contributed by atoms with van der Waals surface area (Å²) >= 11 is 0. The van der Waals surface area contributed by atoms with Crippen LogP contribution in [0.2, 0.25) is 0 Å². The highest BCUT2D eigenvalue weighted by molar-refractivity contribution is 6.91. The maximum Gasteiger partial charge on any atom is 0.126 e. The van der Waals surface area contributed by atoms with Gasteiger partial charge in [-0.2, -0.15) is 0 Å². The Labute approximate surface area is 124 Å². The van der Waals surface area contributed by atoms with E-state index in [9.17, 15) is 0 Å². The second-order valence-corrected chi connectivity index (χ2v) is 8.69. The van der Waals surface area contributed by atoms with Crippen LogP contribution in [0.3, 0.4) is 0 Å². The zero-order valence-electron chi connectivity index (χ0n) is 11.7. The summed E-state index contributed by atoms with van der Waals surface area (Å²) in [5.74, 6) is 0. The van der Waals surface area contributed by atoms with Gasteiger partial charge in [-0.15, -0.1) is 0 Å². The minimum Gasteiger partial charge on any atom is -0.387 e. The van der Waals surface area contributed by atoms with Crippen molar-refractivity contribution in [2.45, 2.75) is 24.4 Å². The average Bonchev–Trinajstić information content (AvgIpc) is 2.50. The van der Waals surface area contributed by atoms with Crippen molar-refractivity contribution >= 4 is 27.0 Å². The Morgan fingerprint density at radius 3 is 1.85 bits per heavy atom. The van der Waals surface area contributed by atoms with Crippen LogP contribution in [0.4, 0.5) is 0 Å². The molecule has 100 valence electrons. The van der Waals surface area contributed by atoms with Crippen LogP contribution in [0, 0.1) is 0 Å². The molecule has 1 fully saturated rings. The van der Waals surface area contributed by atoms with E-state index in [1.54, 1.807) is 0 Å². The Hall–Kier alpha value is -1.32. The summed E-state index contributed by atoms with van der Waals surface area (Å²) in [4.78, 5) is 0. The maximum absolute atomic E-state index is 6.71. The molecule has 0 spiro atoms. The number of hydrogen-bond acceptors (Lipinski definition) is 1. The molecule has 1 aliphatic rings. The third-order valence-electron chi connectivity index (χ3n) is 4.09. The molecule has 0 amide bonds. The molecule has 1 aliphatic heterocycles. The molecule has 2 aromatic rings. The SMILES string of the molecule is [B]C1([SiH](c2ccccc2)c2ccccc2)CCCCO1. The van der Waals surface area contributed by atoms with Gasteiger partial charge < -0.3 is 4.74 Å². The van der Waals surface area contributed by atoms with Gasteiger partial charge in [0.15, 0.2) is 0 Å². The van der Waals surface area contributed by atoms with Crippen molar-refractivity contribution < 1.29 is 4.74 Å². The van der Waals surface area contributed by atoms with Crippen molar-refractivity contribution in [3.63, 3.8) is 0 Å². The lowest BCUT2D eigenvalue weighted by atomic mass is 9.91. The highest BCUT2D eigenvalue weighted by atomic mass is 28.3. The highest BCUT2D eigenvalue weighted by Crippen LogP contribution is 2.24. The predicted octanol–water partition coefficient (Wildman–Crippen LogP) is 1.63. The first-order chi connectivity index (χ1) is 9.80. The summed E-state index contributed by atoms with van der Waals surface area (Å²) < 4.78 is 6.08. The third-order valence-corrected chi connectivity index (χ3v) is 7.62. The van der Waals surface area contributed by atoms with Gasteiger partial charge in [0.2, 0.25) is 0 Å². The van der Waals surface area contributed by atoms with Crippen molar-refractivity contribution in [2.24, 2.45) is 0 Å².